The maximum atomic E-state index is 12.7. The van der Waals surface area contributed by atoms with Crippen molar-refractivity contribution in [1.29, 1.82) is 0 Å². The highest BCUT2D eigenvalue weighted by molar-refractivity contribution is 7.89. The van der Waals surface area contributed by atoms with E-state index in [1.807, 2.05) is 21.9 Å². The van der Waals surface area contributed by atoms with Crippen LogP contribution in [-0.4, -0.2) is 98.1 Å². The number of carbonyl (C=O) groups excluding carboxylic acids is 2. The molecule has 3 fully saturated rings. The van der Waals surface area contributed by atoms with Crippen LogP contribution in [0.5, 0.6) is 0 Å². The quantitative estimate of drug-likeness (QED) is 0.584. The Hall–Kier alpha value is -1.97. The lowest BCUT2D eigenvalue weighted by atomic mass is 10.1. The summed E-state index contributed by atoms with van der Waals surface area (Å²) in [7, 11) is -3.40. The fraction of sp³-hybridized carbons (Fsp3) is 0.680. The van der Waals surface area contributed by atoms with Gasteiger partial charge in [0.1, 0.15) is 0 Å². The fourth-order valence-corrected chi connectivity index (χ4v) is 6.60. The molecular formula is C25H38N4O4S. The van der Waals surface area contributed by atoms with Crippen molar-refractivity contribution in [2.75, 3.05) is 58.9 Å². The van der Waals surface area contributed by atoms with Crippen LogP contribution in [0.1, 0.15) is 50.5 Å². The van der Waals surface area contributed by atoms with Crippen molar-refractivity contribution in [2.45, 2.75) is 56.3 Å². The summed E-state index contributed by atoms with van der Waals surface area (Å²) in [5.74, 6) is 0.337. The Labute approximate surface area is 203 Å². The van der Waals surface area contributed by atoms with Crippen LogP contribution in [0.15, 0.2) is 29.2 Å². The standard InChI is InChI=1S/C25H38N4O4S/c30-24(12-9-22-7-10-23(11-8-22)34(32,33)29-15-5-6-16-29)28-19-17-26(18-20-28)21-25(31)27-13-3-1-2-4-14-27/h7-8,10-11H,1-6,9,12-21H2. The number of carbonyl (C=O) groups is 2. The van der Waals surface area contributed by atoms with Gasteiger partial charge in [0.15, 0.2) is 0 Å². The number of hydrogen-bond acceptors (Lipinski definition) is 5. The summed E-state index contributed by atoms with van der Waals surface area (Å²) >= 11 is 0. The molecule has 0 spiro atoms. The van der Waals surface area contributed by atoms with E-state index in [9.17, 15) is 18.0 Å². The molecule has 34 heavy (non-hydrogen) atoms. The molecule has 4 rings (SSSR count). The van der Waals surface area contributed by atoms with E-state index in [1.165, 1.54) is 12.8 Å². The van der Waals surface area contributed by atoms with Gasteiger partial charge in [0.05, 0.1) is 11.4 Å². The normalized spacial score (nSPS) is 20.9. The van der Waals surface area contributed by atoms with E-state index in [-0.39, 0.29) is 11.8 Å². The van der Waals surface area contributed by atoms with Gasteiger partial charge in [-0.2, -0.15) is 4.31 Å². The topological polar surface area (TPSA) is 81.2 Å². The van der Waals surface area contributed by atoms with E-state index >= 15 is 0 Å². The van der Waals surface area contributed by atoms with Crippen molar-refractivity contribution in [1.82, 2.24) is 19.0 Å². The minimum atomic E-state index is -3.40. The van der Waals surface area contributed by atoms with E-state index in [1.54, 1.807) is 16.4 Å². The van der Waals surface area contributed by atoms with Crippen molar-refractivity contribution >= 4 is 21.8 Å². The maximum absolute atomic E-state index is 12.7. The number of nitrogens with zero attached hydrogens (tertiary/aromatic N) is 4. The molecule has 0 bridgehead atoms. The van der Waals surface area contributed by atoms with Crippen LogP contribution in [-0.2, 0) is 26.0 Å². The van der Waals surface area contributed by atoms with Crippen molar-refractivity contribution in [3.63, 3.8) is 0 Å². The smallest absolute Gasteiger partial charge is 0.243 e. The molecule has 1 aromatic rings. The van der Waals surface area contributed by atoms with Gasteiger partial charge in [0.2, 0.25) is 21.8 Å². The average Bonchev–Trinajstić information content (AvgIpc) is 3.27. The second-order valence-corrected chi connectivity index (χ2v) is 11.6. The predicted octanol–water partition coefficient (Wildman–Crippen LogP) is 1.95. The Morgan fingerprint density at radius 2 is 1.24 bits per heavy atom. The second kappa shape index (κ2) is 11.6. The second-order valence-electron chi connectivity index (χ2n) is 9.71. The number of aryl methyl sites for hydroxylation is 1. The molecule has 188 valence electrons. The highest BCUT2D eigenvalue weighted by atomic mass is 32.2. The van der Waals surface area contributed by atoms with Gasteiger partial charge in [-0.1, -0.05) is 25.0 Å². The minimum absolute atomic E-state index is 0.118. The van der Waals surface area contributed by atoms with E-state index < -0.39 is 10.0 Å². The maximum Gasteiger partial charge on any atom is 0.243 e. The van der Waals surface area contributed by atoms with Crippen LogP contribution in [0, 0.1) is 0 Å². The van der Waals surface area contributed by atoms with Gasteiger partial charge in [0, 0.05) is 58.8 Å². The van der Waals surface area contributed by atoms with E-state index in [0.29, 0.717) is 50.5 Å². The molecule has 0 aliphatic carbocycles. The lowest BCUT2D eigenvalue weighted by molar-refractivity contribution is -0.135. The van der Waals surface area contributed by atoms with E-state index in [0.717, 1.165) is 57.4 Å². The zero-order chi connectivity index (χ0) is 24.0. The Bertz CT molecular complexity index is 928. The average molecular weight is 491 g/mol. The van der Waals surface area contributed by atoms with Crippen molar-refractivity contribution in [2.24, 2.45) is 0 Å². The number of likely N-dealkylation sites (tertiary alicyclic amines) is 1. The number of piperazine rings is 1. The molecule has 0 atom stereocenters. The lowest BCUT2D eigenvalue weighted by Crippen LogP contribution is -2.51. The SMILES string of the molecule is O=C(CCc1ccc(S(=O)(=O)N2CCCC2)cc1)N1CCN(CC(=O)N2CCCCCC2)CC1. The van der Waals surface area contributed by atoms with Crippen molar-refractivity contribution in [3.8, 4) is 0 Å². The molecular weight excluding hydrogens is 452 g/mol. The number of benzene rings is 1. The molecule has 0 saturated carbocycles. The van der Waals surface area contributed by atoms with Gasteiger partial charge in [-0.15, -0.1) is 0 Å². The Morgan fingerprint density at radius 1 is 0.676 bits per heavy atom. The molecule has 0 N–H and O–H groups in total. The Morgan fingerprint density at radius 3 is 1.85 bits per heavy atom. The molecule has 3 heterocycles. The lowest BCUT2D eigenvalue weighted by Gasteiger charge is -2.35. The molecule has 8 nitrogen and oxygen atoms in total. The first kappa shape index (κ1) is 25.1. The summed E-state index contributed by atoms with van der Waals surface area (Å²) in [5, 5.41) is 0. The summed E-state index contributed by atoms with van der Waals surface area (Å²) in [6.45, 7) is 6.16. The van der Waals surface area contributed by atoms with Gasteiger partial charge in [-0.05, 0) is 49.8 Å². The monoisotopic (exact) mass is 490 g/mol. The minimum Gasteiger partial charge on any atom is -0.342 e. The van der Waals surface area contributed by atoms with Crippen LogP contribution in [0.2, 0.25) is 0 Å². The number of rotatable bonds is 7. The zero-order valence-corrected chi connectivity index (χ0v) is 21.0. The molecule has 0 unspecified atom stereocenters. The molecule has 9 heteroatoms. The third-order valence-electron chi connectivity index (χ3n) is 7.30. The molecule has 3 aliphatic rings. The Balaban J connectivity index is 1.19. The summed E-state index contributed by atoms with van der Waals surface area (Å²) in [5.41, 5.74) is 0.968. The summed E-state index contributed by atoms with van der Waals surface area (Å²) < 4.78 is 26.9. The first-order chi connectivity index (χ1) is 16.4. The first-order valence-corrected chi connectivity index (χ1v) is 14.2. The van der Waals surface area contributed by atoms with E-state index in [2.05, 4.69) is 4.90 Å². The van der Waals surface area contributed by atoms with Gasteiger partial charge in [-0.3, -0.25) is 14.5 Å². The van der Waals surface area contributed by atoms with Crippen LogP contribution >= 0.6 is 0 Å². The zero-order valence-electron chi connectivity index (χ0n) is 20.2. The summed E-state index contributed by atoms with van der Waals surface area (Å²) in [6.07, 6.45) is 7.47. The molecule has 3 aliphatic heterocycles. The molecule has 0 aromatic heterocycles. The number of sulfonamides is 1. The van der Waals surface area contributed by atoms with Gasteiger partial charge in [-0.25, -0.2) is 8.42 Å². The van der Waals surface area contributed by atoms with Crippen LogP contribution in [0.4, 0.5) is 0 Å². The van der Waals surface area contributed by atoms with Crippen LogP contribution in [0.3, 0.4) is 0 Å². The molecule has 3 saturated heterocycles. The van der Waals surface area contributed by atoms with E-state index in [4.69, 9.17) is 0 Å². The first-order valence-electron chi connectivity index (χ1n) is 12.8. The van der Waals surface area contributed by atoms with Gasteiger partial charge >= 0.3 is 0 Å². The largest absolute Gasteiger partial charge is 0.342 e. The molecule has 0 radical (unpaired) electrons. The Kier molecular flexibility index (Phi) is 8.60. The summed E-state index contributed by atoms with van der Waals surface area (Å²) in [4.78, 5) is 31.7. The number of hydrogen-bond donors (Lipinski definition) is 0. The van der Waals surface area contributed by atoms with Gasteiger partial charge in [0.25, 0.3) is 0 Å². The third-order valence-corrected chi connectivity index (χ3v) is 9.21. The third kappa shape index (κ3) is 6.37. The molecule has 2 amide bonds. The fourth-order valence-electron chi connectivity index (χ4n) is 5.08. The predicted molar refractivity (Wildman–Crippen MR) is 131 cm³/mol. The van der Waals surface area contributed by atoms with Crippen LogP contribution < -0.4 is 0 Å². The van der Waals surface area contributed by atoms with Crippen molar-refractivity contribution < 1.29 is 18.0 Å². The van der Waals surface area contributed by atoms with Crippen molar-refractivity contribution in [3.05, 3.63) is 29.8 Å². The number of amides is 2. The summed E-state index contributed by atoms with van der Waals surface area (Å²) in [6, 6.07) is 6.96. The molecule has 1 aromatic carbocycles. The van der Waals surface area contributed by atoms with Gasteiger partial charge < -0.3 is 9.80 Å². The van der Waals surface area contributed by atoms with Crippen LogP contribution in [0.25, 0.3) is 0 Å². The highest BCUT2D eigenvalue weighted by Crippen LogP contribution is 2.21. The highest BCUT2D eigenvalue weighted by Gasteiger charge is 2.27.